The first-order valence-electron chi connectivity index (χ1n) is 18.6. The fraction of sp³-hybridized carbons (Fsp3) is 0.415. The molecule has 0 bridgehead atoms. The molecule has 0 saturated heterocycles. The Morgan fingerprint density at radius 3 is 2.10 bits per heavy atom. The molecule has 310 valence electrons. The fourth-order valence-corrected chi connectivity index (χ4v) is 6.56. The number of amides is 3. The van der Waals surface area contributed by atoms with Crippen molar-refractivity contribution < 1.29 is 50.6 Å². The van der Waals surface area contributed by atoms with Crippen LogP contribution in [0.3, 0.4) is 0 Å². The highest BCUT2D eigenvalue weighted by atomic mass is 19.4. The number of nitrogens with one attached hydrogen (secondary N) is 4. The van der Waals surface area contributed by atoms with Gasteiger partial charge < -0.3 is 25.4 Å². The number of aryl methyl sites for hydroxylation is 1. The van der Waals surface area contributed by atoms with Gasteiger partial charge in [0.1, 0.15) is 11.6 Å². The van der Waals surface area contributed by atoms with Crippen LogP contribution < -0.4 is 16.0 Å². The van der Waals surface area contributed by atoms with Gasteiger partial charge in [-0.25, -0.2) is 14.6 Å². The van der Waals surface area contributed by atoms with Gasteiger partial charge in [-0.15, -0.1) is 0 Å². The summed E-state index contributed by atoms with van der Waals surface area (Å²) < 4.78 is 76.1. The Morgan fingerprint density at radius 1 is 0.879 bits per heavy atom. The zero-order valence-corrected chi connectivity index (χ0v) is 32.6. The first-order chi connectivity index (χ1) is 27.2. The Bertz CT molecular complexity index is 2090. The molecule has 1 saturated carbocycles. The monoisotopic (exact) mass is 812 g/mol. The molecule has 1 atom stereocenters. The van der Waals surface area contributed by atoms with Gasteiger partial charge in [-0.3, -0.25) is 14.7 Å². The number of nitrogens with zero attached hydrogens (tertiary/aromatic N) is 2. The van der Waals surface area contributed by atoms with Crippen LogP contribution in [0.2, 0.25) is 0 Å². The Balaban J connectivity index is 1.28. The van der Waals surface area contributed by atoms with Crippen molar-refractivity contribution in [3.8, 4) is 22.5 Å². The molecule has 1 fully saturated rings. The van der Waals surface area contributed by atoms with Crippen molar-refractivity contribution in [2.75, 3.05) is 19.0 Å². The van der Waals surface area contributed by atoms with Crippen LogP contribution in [0.5, 0.6) is 0 Å². The minimum Gasteiger partial charge on any atom is -0.465 e. The Hall–Kier alpha value is -5.87. The second-order valence-corrected chi connectivity index (χ2v) is 15.2. The van der Waals surface area contributed by atoms with Gasteiger partial charge in [-0.2, -0.15) is 27.1 Å². The summed E-state index contributed by atoms with van der Waals surface area (Å²) in [6.07, 6.45) is -3.82. The van der Waals surface area contributed by atoms with Crippen molar-refractivity contribution in [2.24, 2.45) is 11.8 Å². The molecular weight excluding hydrogens is 767 g/mol. The van der Waals surface area contributed by atoms with Gasteiger partial charge in [0.25, 0.3) is 0 Å². The van der Waals surface area contributed by atoms with Gasteiger partial charge in [0.2, 0.25) is 17.6 Å². The third-order valence-electron chi connectivity index (χ3n) is 9.69. The Kier molecular flexibility index (Phi) is 13.2. The number of carbonyl (C=O) groups excluding carboxylic acids is 4. The highest BCUT2D eigenvalue weighted by Gasteiger charge is 2.61. The van der Waals surface area contributed by atoms with Crippen LogP contribution in [0, 0.1) is 18.8 Å². The van der Waals surface area contributed by atoms with E-state index in [-0.39, 0.29) is 35.4 Å². The number of ether oxygens (including phenoxy) is 2. The maximum absolute atomic E-state index is 13.8. The van der Waals surface area contributed by atoms with Crippen LogP contribution in [-0.2, 0) is 31.4 Å². The molecule has 3 aromatic carbocycles. The van der Waals surface area contributed by atoms with Crippen molar-refractivity contribution in [1.29, 1.82) is 0 Å². The predicted octanol–water partition coefficient (Wildman–Crippen LogP) is 7.88. The Morgan fingerprint density at radius 2 is 1.52 bits per heavy atom. The standard InChI is InChI=1S/C41H45F5N6O6/c1-23-20-29(36(55)57-5)16-19-31(23)26-10-6-24(7-11-26)21-32(49-34(53)28-12-8-25(9-13-28)22-47-38(56)58-39(2,3)4)35(54)48-30-17-14-27(15-18-30)33-50-37(52-51-33)40(42,43)41(44,45)46/h6-7,10-11,14-20,25,28,32H,8-9,12-13,21-22H2,1-5H3,(H,47,56)(H,48,54)(H,49,53)(H,50,51,52)/t25?,28?,32-/m0/s1. The van der Waals surface area contributed by atoms with Crippen LogP contribution in [0.25, 0.3) is 22.5 Å². The summed E-state index contributed by atoms with van der Waals surface area (Å²) in [6.45, 7) is 7.62. The third kappa shape index (κ3) is 10.9. The molecule has 0 spiro atoms. The molecule has 4 N–H and O–H groups in total. The van der Waals surface area contributed by atoms with E-state index in [1.165, 1.54) is 31.4 Å². The molecule has 1 aromatic heterocycles. The van der Waals surface area contributed by atoms with E-state index in [1.807, 2.05) is 37.3 Å². The van der Waals surface area contributed by atoms with E-state index in [0.29, 0.717) is 37.8 Å². The maximum atomic E-state index is 13.8. The Labute approximate surface area is 331 Å². The zero-order valence-electron chi connectivity index (χ0n) is 32.6. The number of hydrogen-bond acceptors (Lipinski definition) is 8. The van der Waals surface area contributed by atoms with Crippen LogP contribution >= 0.6 is 0 Å². The van der Waals surface area contributed by atoms with Gasteiger partial charge in [-0.05, 0) is 118 Å². The van der Waals surface area contributed by atoms with E-state index in [2.05, 4.69) is 26.0 Å². The average molecular weight is 813 g/mol. The lowest BCUT2D eigenvalue weighted by Crippen LogP contribution is -2.48. The normalized spacial score (nSPS) is 16.5. The molecule has 1 aliphatic carbocycles. The van der Waals surface area contributed by atoms with Gasteiger partial charge in [0.15, 0.2) is 5.82 Å². The number of hydrogen-bond donors (Lipinski definition) is 4. The van der Waals surface area contributed by atoms with Crippen molar-refractivity contribution in [3.63, 3.8) is 0 Å². The van der Waals surface area contributed by atoms with Gasteiger partial charge >= 0.3 is 24.2 Å². The number of aromatic nitrogens is 3. The van der Waals surface area contributed by atoms with Crippen molar-refractivity contribution in [1.82, 2.24) is 25.8 Å². The number of rotatable bonds is 12. The lowest BCUT2D eigenvalue weighted by molar-refractivity contribution is -0.292. The number of aromatic amines is 1. The molecule has 0 radical (unpaired) electrons. The summed E-state index contributed by atoms with van der Waals surface area (Å²) in [4.78, 5) is 54.9. The smallest absolute Gasteiger partial charge is 0.461 e. The number of anilines is 1. The van der Waals surface area contributed by atoms with Crippen LogP contribution in [0.1, 0.15) is 73.8 Å². The van der Waals surface area contributed by atoms with Crippen LogP contribution in [0.15, 0.2) is 66.7 Å². The minimum atomic E-state index is -5.87. The number of halogens is 5. The molecule has 12 nitrogen and oxygen atoms in total. The molecular formula is C41H45F5N6O6. The van der Waals surface area contributed by atoms with Crippen molar-refractivity contribution in [3.05, 3.63) is 89.2 Å². The van der Waals surface area contributed by atoms with Crippen molar-refractivity contribution in [2.45, 2.75) is 83.5 Å². The van der Waals surface area contributed by atoms with E-state index in [1.54, 1.807) is 38.0 Å². The van der Waals surface area contributed by atoms with Gasteiger partial charge in [0.05, 0.1) is 12.7 Å². The topological polar surface area (TPSA) is 164 Å². The lowest BCUT2D eigenvalue weighted by Gasteiger charge is -2.29. The summed E-state index contributed by atoms with van der Waals surface area (Å²) in [6, 6.07) is 17.1. The molecule has 17 heteroatoms. The first-order valence-corrected chi connectivity index (χ1v) is 18.6. The fourth-order valence-electron chi connectivity index (χ4n) is 6.56. The van der Waals surface area contributed by atoms with E-state index < -0.39 is 53.4 Å². The molecule has 5 rings (SSSR count). The maximum Gasteiger partial charge on any atom is 0.461 e. The molecule has 0 aliphatic heterocycles. The van der Waals surface area contributed by atoms with E-state index >= 15 is 0 Å². The lowest BCUT2D eigenvalue weighted by atomic mass is 9.81. The molecule has 1 aliphatic rings. The van der Waals surface area contributed by atoms with Crippen molar-refractivity contribution >= 4 is 29.6 Å². The number of carbonyl (C=O) groups is 4. The number of methoxy groups -OCH3 is 1. The first kappa shape index (κ1) is 43.3. The molecule has 4 aromatic rings. The number of esters is 1. The molecule has 1 heterocycles. The predicted molar refractivity (Wildman–Crippen MR) is 204 cm³/mol. The minimum absolute atomic E-state index is 0.107. The van der Waals surface area contributed by atoms with Gasteiger partial charge in [0, 0.05) is 30.1 Å². The summed E-state index contributed by atoms with van der Waals surface area (Å²) in [7, 11) is 1.31. The summed E-state index contributed by atoms with van der Waals surface area (Å²) >= 11 is 0. The van der Waals surface area contributed by atoms with E-state index in [9.17, 15) is 41.1 Å². The number of alkyl carbamates (subject to hydrolysis) is 1. The molecule has 0 unspecified atom stereocenters. The van der Waals surface area contributed by atoms with E-state index in [4.69, 9.17) is 9.47 Å². The second kappa shape index (κ2) is 17.7. The van der Waals surface area contributed by atoms with Gasteiger partial charge in [-0.1, -0.05) is 30.3 Å². The highest BCUT2D eigenvalue weighted by molar-refractivity contribution is 5.98. The quantitative estimate of drug-likeness (QED) is 0.0829. The summed E-state index contributed by atoms with van der Waals surface area (Å²) in [5.41, 5.74) is 3.49. The third-order valence-corrected chi connectivity index (χ3v) is 9.69. The summed E-state index contributed by atoms with van der Waals surface area (Å²) in [5.74, 6) is -8.82. The number of alkyl halides is 5. The highest BCUT2D eigenvalue weighted by Crippen LogP contribution is 2.42. The molecule has 3 amide bonds. The second-order valence-electron chi connectivity index (χ2n) is 15.2. The average Bonchev–Trinajstić information content (AvgIpc) is 3.68. The zero-order chi connectivity index (χ0) is 42.4. The largest absolute Gasteiger partial charge is 0.465 e. The molecule has 58 heavy (non-hydrogen) atoms. The SMILES string of the molecule is COC(=O)c1ccc(-c2ccc(C[C@H](NC(=O)C3CCC(CNC(=O)OC(C)(C)C)CC3)C(=O)Nc3ccc(-c4n[nH]c(C(F)(F)C(F)(F)F)n4)cc3)cc2)c(C)c1. The number of benzene rings is 3. The van der Waals surface area contributed by atoms with Crippen LogP contribution in [-0.4, -0.2) is 70.5 Å². The number of H-pyrrole nitrogens is 1. The van der Waals surface area contributed by atoms with E-state index in [0.717, 1.165) is 22.3 Å². The van der Waals surface area contributed by atoms with Crippen LogP contribution in [0.4, 0.5) is 32.4 Å². The summed E-state index contributed by atoms with van der Waals surface area (Å²) in [5, 5.41) is 13.6.